The van der Waals surface area contributed by atoms with Crippen LogP contribution in [0.3, 0.4) is 0 Å². The topological polar surface area (TPSA) is 80.2 Å². The molecule has 11 heavy (non-hydrogen) atoms. The van der Waals surface area contributed by atoms with Crippen LogP contribution in [-0.4, -0.2) is 32.3 Å². The van der Waals surface area contributed by atoms with E-state index in [1.54, 1.807) is 0 Å². The summed E-state index contributed by atoms with van der Waals surface area (Å²) in [6.07, 6.45) is 1.53. The largest absolute Gasteiger partial charge is 0.763 e. The highest BCUT2D eigenvalue weighted by Crippen LogP contribution is 2.06. The lowest BCUT2D eigenvalue weighted by Gasteiger charge is -2.14. The first-order valence-corrected chi connectivity index (χ1v) is 4.11. The first-order chi connectivity index (χ1) is 4.87. The van der Waals surface area contributed by atoms with Crippen LogP contribution in [0.4, 0.5) is 0 Å². The molecule has 0 aromatic heterocycles. The number of hydrogen-bond donors (Lipinski definition) is 0. The minimum absolute atomic E-state index is 0.455. The Morgan fingerprint density at radius 2 is 2.00 bits per heavy atom. The Bertz CT molecular complexity index is 329. The van der Waals surface area contributed by atoms with E-state index in [1.165, 1.54) is 26.2 Å². The fraction of sp³-hybridized carbons (Fsp3) is 0.400. The molecule has 6 heteroatoms. The number of quaternary nitrogens is 1. The van der Waals surface area contributed by atoms with Crippen LogP contribution < -0.4 is 0 Å². The van der Waals surface area contributed by atoms with Gasteiger partial charge in [-0.1, -0.05) is 0 Å². The van der Waals surface area contributed by atoms with E-state index in [2.05, 4.69) is 0 Å². The zero-order valence-electron chi connectivity index (χ0n) is 6.14. The lowest BCUT2D eigenvalue weighted by atomic mass is 11.0. The van der Waals surface area contributed by atoms with Crippen molar-refractivity contribution in [2.75, 3.05) is 14.1 Å². The van der Waals surface area contributed by atoms with E-state index in [9.17, 15) is 8.42 Å². The van der Waals surface area contributed by atoms with Crippen LogP contribution in [0.2, 0.25) is 0 Å². The highest BCUT2D eigenvalue weighted by Gasteiger charge is 2.30. The summed E-state index contributed by atoms with van der Waals surface area (Å²) in [6, 6.07) is 0. The molecule has 60 valence electrons. The summed E-state index contributed by atoms with van der Waals surface area (Å²) in [5, 5.41) is 16.9. The van der Waals surface area contributed by atoms with Crippen molar-refractivity contribution in [2.24, 2.45) is 0 Å². The summed E-state index contributed by atoms with van der Waals surface area (Å²) >= 11 is 0. The zero-order valence-corrected chi connectivity index (χ0v) is 6.96. The summed E-state index contributed by atoms with van der Waals surface area (Å²) in [7, 11) is -1.40. The first-order valence-electron chi connectivity index (χ1n) is 2.61. The molecular weight excluding hydrogens is 166 g/mol. The van der Waals surface area contributed by atoms with Crippen LogP contribution in [0.15, 0.2) is 5.41 Å². The van der Waals surface area contributed by atoms with Gasteiger partial charge in [0.05, 0.1) is 14.1 Å². The SMILES string of the molecule is C[N+](C)(C#N)S(=O)(=O)C=C=[N-]. The molecule has 0 heterocycles. The van der Waals surface area contributed by atoms with Crippen LogP contribution in [-0.2, 0) is 10.0 Å². The van der Waals surface area contributed by atoms with Gasteiger partial charge in [-0.05, 0) is 0 Å². The molecule has 0 aliphatic heterocycles. The van der Waals surface area contributed by atoms with Crippen molar-refractivity contribution in [1.82, 2.24) is 0 Å². The standard InChI is InChI=1S/C5H7N3O2S/c1-8(2,5-7)11(9,10)4-3-6/h4H,1-2H3. The van der Waals surface area contributed by atoms with Crippen molar-refractivity contribution in [3.63, 3.8) is 0 Å². The van der Waals surface area contributed by atoms with Gasteiger partial charge < -0.3 is 5.41 Å². The molecule has 5 nitrogen and oxygen atoms in total. The number of rotatable bonds is 2. The second-order valence-corrected chi connectivity index (χ2v) is 4.39. The summed E-state index contributed by atoms with van der Waals surface area (Å²) < 4.78 is 21.0. The zero-order chi connectivity index (χ0) is 9.12. The Morgan fingerprint density at radius 1 is 1.55 bits per heavy atom. The Kier molecular flexibility index (Phi) is 2.55. The molecule has 0 amide bonds. The van der Waals surface area contributed by atoms with Gasteiger partial charge in [-0.25, -0.2) is 0 Å². The molecule has 0 fully saturated rings. The van der Waals surface area contributed by atoms with Crippen LogP contribution in [0.5, 0.6) is 0 Å². The molecule has 0 spiro atoms. The Hall–Kier alpha value is -1.15. The Labute approximate surface area is 65.3 Å². The monoisotopic (exact) mass is 173 g/mol. The summed E-state index contributed by atoms with van der Waals surface area (Å²) in [6.45, 7) is 0. The smallest absolute Gasteiger partial charge is 0.339 e. The summed E-state index contributed by atoms with van der Waals surface area (Å²) in [5.74, 6) is 1.37. The minimum atomic E-state index is -3.77. The fourth-order valence-electron chi connectivity index (χ4n) is 0.255. The van der Waals surface area contributed by atoms with Crippen molar-refractivity contribution in [3.8, 4) is 6.19 Å². The third-order valence-corrected chi connectivity index (χ3v) is 2.84. The molecule has 0 aromatic carbocycles. The predicted molar refractivity (Wildman–Crippen MR) is 39.6 cm³/mol. The van der Waals surface area contributed by atoms with Gasteiger partial charge in [0, 0.05) is 0 Å². The van der Waals surface area contributed by atoms with Crippen molar-refractivity contribution in [1.29, 1.82) is 5.26 Å². The quantitative estimate of drug-likeness (QED) is 0.324. The fourth-order valence-corrected chi connectivity index (χ4v) is 0.766. The molecule has 0 atom stereocenters. The molecule has 0 aliphatic rings. The predicted octanol–water partition coefficient (Wildman–Crippen LogP) is -0.374. The number of nitriles is 1. The number of hydrogen-bond acceptors (Lipinski definition) is 3. The van der Waals surface area contributed by atoms with Crippen LogP contribution in [0.25, 0.3) is 5.41 Å². The minimum Gasteiger partial charge on any atom is -0.763 e. The molecule has 0 rings (SSSR count). The van der Waals surface area contributed by atoms with Crippen molar-refractivity contribution >= 4 is 15.9 Å². The van der Waals surface area contributed by atoms with Crippen LogP contribution in [0.1, 0.15) is 0 Å². The molecule has 0 radical (unpaired) electrons. The van der Waals surface area contributed by atoms with Crippen molar-refractivity contribution in [3.05, 3.63) is 10.8 Å². The maximum absolute atomic E-state index is 11.0. The molecule has 0 unspecified atom stereocenters. The van der Waals surface area contributed by atoms with Crippen LogP contribution >= 0.6 is 0 Å². The van der Waals surface area contributed by atoms with E-state index >= 15 is 0 Å². The third kappa shape index (κ3) is 1.88. The van der Waals surface area contributed by atoms with Crippen LogP contribution in [0, 0.1) is 11.5 Å². The van der Waals surface area contributed by atoms with Gasteiger partial charge in [0.2, 0.25) is 0 Å². The summed E-state index contributed by atoms with van der Waals surface area (Å²) in [5.41, 5.74) is 0. The highest BCUT2D eigenvalue weighted by molar-refractivity contribution is 7.89. The highest BCUT2D eigenvalue weighted by atomic mass is 32.2. The van der Waals surface area contributed by atoms with E-state index in [0.717, 1.165) is 0 Å². The second-order valence-electron chi connectivity index (χ2n) is 2.21. The van der Waals surface area contributed by atoms with Gasteiger partial charge in [-0.2, -0.15) is 8.42 Å². The van der Waals surface area contributed by atoms with E-state index in [1.807, 2.05) is 0 Å². The molecule has 0 saturated carbocycles. The first kappa shape index (κ1) is 9.85. The third-order valence-electron chi connectivity index (χ3n) is 1.08. The summed E-state index contributed by atoms with van der Waals surface area (Å²) in [4.78, 5) is 0. The maximum atomic E-state index is 11.0. The number of sulfonamides is 1. The molecule has 0 N–H and O–H groups in total. The lowest BCUT2D eigenvalue weighted by Crippen LogP contribution is -2.38. The van der Waals surface area contributed by atoms with E-state index in [4.69, 9.17) is 10.7 Å². The van der Waals surface area contributed by atoms with Gasteiger partial charge in [0.15, 0.2) is 0 Å². The average Bonchev–Trinajstić information content (AvgIpc) is 1.87. The Balaban J connectivity index is 5.22. The molecule has 0 bridgehead atoms. The van der Waals surface area contributed by atoms with Gasteiger partial charge >= 0.3 is 16.2 Å². The van der Waals surface area contributed by atoms with E-state index in [-0.39, 0.29) is 0 Å². The molecule has 0 saturated heterocycles. The molecule has 0 aliphatic carbocycles. The van der Waals surface area contributed by atoms with Gasteiger partial charge in [0.1, 0.15) is 5.41 Å². The van der Waals surface area contributed by atoms with Crippen molar-refractivity contribution in [2.45, 2.75) is 0 Å². The van der Waals surface area contributed by atoms with E-state index in [0.29, 0.717) is 5.41 Å². The number of nitrogens with zero attached hydrogens (tertiary/aromatic N) is 3. The second kappa shape index (κ2) is 2.84. The van der Waals surface area contributed by atoms with E-state index < -0.39 is 13.9 Å². The van der Waals surface area contributed by atoms with Gasteiger partial charge in [0.25, 0.3) is 0 Å². The van der Waals surface area contributed by atoms with Gasteiger partial charge in [-0.3, -0.25) is 5.87 Å². The Morgan fingerprint density at radius 3 is 2.27 bits per heavy atom. The maximum Gasteiger partial charge on any atom is 0.339 e. The average molecular weight is 173 g/mol. The normalized spacial score (nSPS) is 11.4. The van der Waals surface area contributed by atoms with Crippen molar-refractivity contribution < 1.29 is 12.3 Å². The lowest BCUT2D eigenvalue weighted by molar-refractivity contribution is -0.686. The molecule has 0 aromatic rings. The molecular formula is C5H7N3O2S. The van der Waals surface area contributed by atoms with Gasteiger partial charge in [-0.15, -0.1) is 9.15 Å².